The molecule has 8 heteroatoms. The second-order valence-corrected chi connectivity index (χ2v) is 9.69. The molecule has 3 aromatic carbocycles. The highest BCUT2D eigenvalue weighted by molar-refractivity contribution is 9.10. The number of rotatable bonds is 11. The lowest BCUT2D eigenvalue weighted by Crippen LogP contribution is -2.44. The minimum absolute atomic E-state index is 0.0899. The van der Waals surface area contributed by atoms with E-state index < -0.39 is 0 Å². The smallest absolute Gasteiger partial charge is 0.254 e. The Morgan fingerprint density at radius 3 is 2.41 bits per heavy atom. The maximum absolute atomic E-state index is 13.6. The molecule has 37 heavy (non-hydrogen) atoms. The van der Waals surface area contributed by atoms with Crippen LogP contribution in [0.2, 0.25) is 0 Å². The maximum Gasteiger partial charge on any atom is 0.254 e. The third kappa shape index (κ3) is 7.05. The van der Waals surface area contributed by atoms with Gasteiger partial charge in [-0.05, 0) is 60.0 Å². The Labute approximate surface area is 224 Å². The molecule has 0 spiro atoms. The van der Waals surface area contributed by atoms with Gasteiger partial charge in [-0.1, -0.05) is 46.3 Å². The molecule has 0 fully saturated rings. The van der Waals surface area contributed by atoms with Crippen molar-refractivity contribution in [2.24, 2.45) is 0 Å². The van der Waals surface area contributed by atoms with Crippen molar-refractivity contribution in [3.05, 3.63) is 106 Å². The molecule has 0 aliphatic heterocycles. The number of aromatic amines is 1. The maximum atomic E-state index is 13.6. The molecule has 0 saturated heterocycles. The zero-order valence-corrected chi connectivity index (χ0v) is 22.2. The zero-order chi connectivity index (χ0) is 26.2. The van der Waals surface area contributed by atoms with Crippen LogP contribution in [0, 0.1) is 5.82 Å². The number of hydrogen-bond acceptors (Lipinski definition) is 3. The van der Waals surface area contributed by atoms with E-state index in [1.165, 1.54) is 17.0 Å². The summed E-state index contributed by atoms with van der Waals surface area (Å²) in [5.74, 6) is -0.756. The summed E-state index contributed by atoms with van der Waals surface area (Å²) in [4.78, 5) is 33.4. The van der Waals surface area contributed by atoms with E-state index in [1.54, 1.807) is 48.4 Å². The SMILES string of the molecule is COCCN(CC(=O)N(CCc1c[nH]c2ccccc12)Cc1ccc(F)cc1)C(=O)c1ccc(Br)cc1. The van der Waals surface area contributed by atoms with E-state index in [9.17, 15) is 14.0 Å². The molecule has 0 aliphatic rings. The van der Waals surface area contributed by atoms with Gasteiger partial charge in [-0.3, -0.25) is 9.59 Å². The molecular formula is C29H29BrFN3O3. The second kappa shape index (κ2) is 12.7. The van der Waals surface area contributed by atoms with Crippen LogP contribution in [0.3, 0.4) is 0 Å². The van der Waals surface area contributed by atoms with Gasteiger partial charge in [0.1, 0.15) is 12.4 Å². The standard InChI is InChI=1S/C29H29BrFN3O3/c1-37-17-16-34(29(36)22-8-10-24(30)11-9-22)20-28(35)33(19-21-6-12-25(31)13-7-21)15-14-23-18-32-27-5-3-2-4-26(23)27/h2-13,18,32H,14-17,19-20H2,1H3. The molecule has 1 heterocycles. The fourth-order valence-electron chi connectivity index (χ4n) is 4.19. The molecule has 0 unspecified atom stereocenters. The van der Waals surface area contributed by atoms with Crippen LogP contribution in [0.5, 0.6) is 0 Å². The van der Waals surface area contributed by atoms with Gasteiger partial charge in [0, 0.05) is 53.9 Å². The molecule has 0 radical (unpaired) electrons. The number of halogens is 2. The van der Waals surface area contributed by atoms with Crippen LogP contribution >= 0.6 is 15.9 Å². The average Bonchev–Trinajstić information content (AvgIpc) is 3.33. The topological polar surface area (TPSA) is 65.6 Å². The quantitative estimate of drug-likeness (QED) is 0.264. The third-order valence-electron chi connectivity index (χ3n) is 6.24. The lowest BCUT2D eigenvalue weighted by Gasteiger charge is -2.28. The molecule has 1 aromatic heterocycles. The number of benzene rings is 3. The van der Waals surface area contributed by atoms with E-state index in [2.05, 4.69) is 27.0 Å². The summed E-state index contributed by atoms with van der Waals surface area (Å²) in [7, 11) is 1.56. The van der Waals surface area contributed by atoms with Crippen molar-refractivity contribution in [3.63, 3.8) is 0 Å². The van der Waals surface area contributed by atoms with Gasteiger partial charge in [-0.15, -0.1) is 0 Å². The molecule has 0 atom stereocenters. The van der Waals surface area contributed by atoms with E-state index in [0.29, 0.717) is 31.7 Å². The summed E-state index contributed by atoms with van der Waals surface area (Å²) in [6.45, 7) is 1.26. The lowest BCUT2D eigenvalue weighted by atomic mass is 10.1. The first kappa shape index (κ1) is 26.6. The number of methoxy groups -OCH3 is 1. The Kier molecular flexibility index (Phi) is 9.09. The number of hydrogen-bond donors (Lipinski definition) is 1. The highest BCUT2D eigenvalue weighted by Gasteiger charge is 2.23. The van der Waals surface area contributed by atoms with Crippen LogP contribution < -0.4 is 0 Å². The molecular weight excluding hydrogens is 537 g/mol. The third-order valence-corrected chi connectivity index (χ3v) is 6.76. The molecule has 192 valence electrons. The summed E-state index contributed by atoms with van der Waals surface area (Å²) in [5, 5.41) is 1.11. The summed E-state index contributed by atoms with van der Waals surface area (Å²) in [6.07, 6.45) is 2.60. The van der Waals surface area contributed by atoms with E-state index in [-0.39, 0.29) is 30.7 Å². The Morgan fingerprint density at radius 2 is 1.68 bits per heavy atom. The van der Waals surface area contributed by atoms with Gasteiger partial charge in [0.25, 0.3) is 5.91 Å². The average molecular weight is 566 g/mol. The number of nitrogens with zero attached hydrogens (tertiary/aromatic N) is 2. The van der Waals surface area contributed by atoms with E-state index in [0.717, 1.165) is 26.5 Å². The number of aromatic nitrogens is 1. The first-order chi connectivity index (χ1) is 17.9. The number of amides is 2. The summed E-state index contributed by atoms with van der Waals surface area (Å²) < 4.78 is 19.6. The summed E-state index contributed by atoms with van der Waals surface area (Å²) in [5.41, 5.74) is 3.46. The zero-order valence-electron chi connectivity index (χ0n) is 20.6. The molecule has 4 rings (SSSR count). The Morgan fingerprint density at radius 1 is 0.946 bits per heavy atom. The number of fused-ring (bicyclic) bond motifs is 1. The minimum atomic E-state index is -0.328. The predicted molar refractivity (Wildman–Crippen MR) is 146 cm³/mol. The Balaban J connectivity index is 1.53. The summed E-state index contributed by atoms with van der Waals surface area (Å²) >= 11 is 3.39. The fourth-order valence-corrected chi connectivity index (χ4v) is 4.45. The van der Waals surface area contributed by atoms with Gasteiger partial charge in [0.15, 0.2) is 0 Å². The molecule has 0 bridgehead atoms. The second-order valence-electron chi connectivity index (χ2n) is 8.78. The first-order valence-corrected chi connectivity index (χ1v) is 12.8. The monoisotopic (exact) mass is 565 g/mol. The van der Waals surface area contributed by atoms with Gasteiger partial charge >= 0.3 is 0 Å². The van der Waals surface area contributed by atoms with Gasteiger partial charge in [-0.25, -0.2) is 4.39 Å². The van der Waals surface area contributed by atoms with Crippen molar-refractivity contribution >= 4 is 38.6 Å². The van der Waals surface area contributed by atoms with E-state index in [1.807, 2.05) is 24.4 Å². The number of H-pyrrole nitrogens is 1. The Bertz CT molecular complexity index is 1340. The number of carbonyl (C=O) groups is 2. The number of carbonyl (C=O) groups excluding carboxylic acids is 2. The normalized spacial score (nSPS) is 11.0. The van der Waals surface area contributed by atoms with Gasteiger partial charge in [-0.2, -0.15) is 0 Å². The molecule has 4 aromatic rings. The van der Waals surface area contributed by atoms with Crippen molar-refractivity contribution in [1.29, 1.82) is 0 Å². The highest BCUT2D eigenvalue weighted by atomic mass is 79.9. The van der Waals surface area contributed by atoms with Gasteiger partial charge in [0.2, 0.25) is 5.91 Å². The first-order valence-electron chi connectivity index (χ1n) is 12.1. The summed E-state index contributed by atoms with van der Waals surface area (Å²) in [6, 6.07) is 21.2. The number of ether oxygens (including phenoxy) is 1. The van der Waals surface area contributed by atoms with Crippen molar-refractivity contribution in [3.8, 4) is 0 Å². The molecule has 0 saturated carbocycles. The molecule has 6 nitrogen and oxygen atoms in total. The van der Waals surface area contributed by atoms with Crippen molar-refractivity contribution in [1.82, 2.24) is 14.8 Å². The van der Waals surface area contributed by atoms with Crippen molar-refractivity contribution in [2.75, 3.05) is 33.4 Å². The van der Waals surface area contributed by atoms with Gasteiger partial charge in [0.05, 0.1) is 6.61 Å². The van der Waals surface area contributed by atoms with Crippen LogP contribution in [-0.2, 0) is 22.5 Å². The molecule has 2 amide bonds. The van der Waals surface area contributed by atoms with Crippen LogP contribution in [0.25, 0.3) is 10.9 Å². The Hall–Kier alpha value is -3.49. The lowest BCUT2D eigenvalue weighted by molar-refractivity contribution is -0.132. The van der Waals surface area contributed by atoms with E-state index >= 15 is 0 Å². The van der Waals surface area contributed by atoms with Crippen LogP contribution in [0.4, 0.5) is 4.39 Å². The van der Waals surface area contributed by atoms with E-state index in [4.69, 9.17) is 4.74 Å². The molecule has 1 N–H and O–H groups in total. The highest BCUT2D eigenvalue weighted by Crippen LogP contribution is 2.19. The molecule has 0 aliphatic carbocycles. The largest absolute Gasteiger partial charge is 0.383 e. The minimum Gasteiger partial charge on any atom is -0.383 e. The fraction of sp³-hybridized carbons (Fsp3) is 0.241. The number of nitrogens with one attached hydrogen (secondary N) is 1. The van der Waals surface area contributed by atoms with Crippen LogP contribution in [0.15, 0.2) is 83.5 Å². The van der Waals surface area contributed by atoms with Crippen LogP contribution in [0.1, 0.15) is 21.5 Å². The van der Waals surface area contributed by atoms with Crippen LogP contribution in [-0.4, -0.2) is 59.9 Å². The van der Waals surface area contributed by atoms with Crippen molar-refractivity contribution in [2.45, 2.75) is 13.0 Å². The van der Waals surface area contributed by atoms with Gasteiger partial charge < -0.3 is 19.5 Å². The van der Waals surface area contributed by atoms with Crippen molar-refractivity contribution < 1.29 is 18.7 Å². The number of para-hydroxylation sites is 1. The predicted octanol–water partition coefficient (Wildman–Crippen LogP) is 5.43.